The fourth-order valence-electron chi connectivity index (χ4n) is 1.58. The SMILES string of the molecule is CC(N)CC(=O)Nc1cccc(-n2ccnn2)c1. The average molecular weight is 245 g/mol. The van der Waals surface area contributed by atoms with Gasteiger partial charge in [0.25, 0.3) is 0 Å². The first-order valence-corrected chi connectivity index (χ1v) is 5.67. The number of hydrogen-bond donors (Lipinski definition) is 2. The van der Waals surface area contributed by atoms with E-state index in [-0.39, 0.29) is 11.9 Å². The summed E-state index contributed by atoms with van der Waals surface area (Å²) >= 11 is 0. The Labute approximate surface area is 105 Å². The first-order chi connectivity index (χ1) is 8.65. The number of amides is 1. The summed E-state index contributed by atoms with van der Waals surface area (Å²) in [5.74, 6) is -0.0965. The summed E-state index contributed by atoms with van der Waals surface area (Å²) in [5.41, 5.74) is 7.13. The molecule has 18 heavy (non-hydrogen) atoms. The van der Waals surface area contributed by atoms with E-state index in [0.717, 1.165) is 5.69 Å². The molecule has 0 saturated heterocycles. The Morgan fingerprint density at radius 3 is 3.06 bits per heavy atom. The molecule has 0 spiro atoms. The lowest BCUT2D eigenvalue weighted by atomic mass is 10.2. The monoisotopic (exact) mass is 245 g/mol. The van der Waals surface area contributed by atoms with Crippen molar-refractivity contribution < 1.29 is 4.79 Å². The molecule has 0 aliphatic heterocycles. The molecular weight excluding hydrogens is 230 g/mol. The molecule has 6 nitrogen and oxygen atoms in total. The van der Waals surface area contributed by atoms with Crippen molar-refractivity contribution in [2.75, 3.05) is 5.32 Å². The van der Waals surface area contributed by atoms with E-state index in [1.54, 1.807) is 24.0 Å². The van der Waals surface area contributed by atoms with Gasteiger partial charge in [0.1, 0.15) is 0 Å². The van der Waals surface area contributed by atoms with Gasteiger partial charge in [-0.2, -0.15) is 0 Å². The molecule has 0 fully saturated rings. The number of nitrogens with two attached hydrogens (primary N) is 1. The molecule has 2 aromatic rings. The van der Waals surface area contributed by atoms with Crippen LogP contribution in [0.5, 0.6) is 0 Å². The molecule has 1 aromatic carbocycles. The van der Waals surface area contributed by atoms with E-state index in [9.17, 15) is 4.79 Å². The van der Waals surface area contributed by atoms with Crippen molar-refractivity contribution in [1.82, 2.24) is 15.0 Å². The number of anilines is 1. The summed E-state index contributed by atoms with van der Waals surface area (Å²) in [5, 5.41) is 10.4. The van der Waals surface area contributed by atoms with Crippen molar-refractivity contribution in [3.63, 3.8) is 0 Å². The Balaban J connectivity index is 2.11. The van der Waals surface area contributed by atoms with Gasteiger partial charge >= 0.3 is 0 Å². The number of aromatic nitrogens is 3. The fourth-order valence-corrected chi connectivity index (χ4v) is 1.58. The molecule has 1 unspecified atom stereocenters. The molecule has 2 rings (SSSR count). The van der Waals surface area contributed by atoms with E-state index in [2.05, 4.69) is 15.6 Å². The van der Waals surface area contributed by atoms with Crippen molar-refractivity contribution in [3.8, 4) is 5.69 Å². The van der Waals surface area contributed by atoms with Gasteiger partial charge in [-0.1, -0.05) is 11.3 Å². The van der Waals surface area contributed by atoms with Crippen LogP contribution in [0.2, 0.25) is 0 Å². The van der Waals surface area contributed by atoms with Crippen LogP contribution in [0.1, 0.15) is 13.3 Å². The number of hydrogen-bond acceptors (Lipinski definition) is 4. The maximum absolute atomic E-state index is 11.6. The lowest BCUT2D eigenvalue weighted by molar-refractivity contribution is -0.116. The van der Waals surface area contributed by atoms with Crippen LogP contribution < -0.4 is 11.1 Å². The molecule has 0 aliphatic rings. The van der Waals surface area contributed by atoms with E-state index in [1.165, 1.54) is 0 Å². The van der Waals surface area contributed by atoms with E-state index < -0.39 is 0 Å². The van der Waals surface area contributed by atoms with Crippen LogP contribution in [-0.4, -0.2) is 26.9 Å². The van der Waals surface area contributed by atoms with Crippen molar-refractivity contribution in [2.45, 2.75) is 19.4 Å². The molecule has 1 amide bonds. The Kier molecular flexibility index (Phi) is 3.69. The van der Waals surface area contributed by atoms with Crippen LogP contribution in [0.25, 0.3) is 5.69 Å². The summed E-state index contributed by atoms with van der Waals surface area (Å²) in [7, 11) is 0. The number of carbonyl (C=O) groups is 1. The van der Waals surface area contributed by atoms with Gasteiger partial charge in [0.15, 0.2) is 0 Å². The van der Waals surface area contributed by atoms with E-state index >= 15 is 0 Å². The van der Waals surface area contributed by atoms with Gasteiger partial charge in [-0.05, 0) is 25.1 Å². The summed E-state index contributed by atoms with van der Waals surface area (Å²) < 4.78 is 1.63. The van der Waals surface area contributed by atoms with Crippen LogP contribution in [0.4, 0.5) is 5.69 Å². The molecule has 0 saturated carbocycles. The second-order valence-corrected chi connectivity index (χ2v) is 4.13. The smallest absolute Gasteiger partial charge is 0.225 e. The highest BCUT2D eigenvalue weighted by molar-refractivity contribution is 5.91. The molecule has 0 aliphatic carbocycles. The summed E-state index contributed by atoms with van der Waals surface area (Å²) in [6.45, 7) is 1.80. The van der Waals surface area contributed by atoms with Crippen LogP contribution in [0, 0.1) is 0 Å². The topological polar surface area (TPSA) is 85.8 Å². The highest BCUT2D eigenvalue weighted by atomic mass is 16.1. The molecule has 1 heterocycles. The maximum atomic E-state index is 11.6. The predicted molar refractivity (Wildman–Crippen MR) is 68.3 cm³/mol. The molecule has 0 bridgehead atoms. The number of carbonyl (C=O) groups excluding carboxylic acids is 1. The quantitative estimate of drug-likeness (QED) is 0.839. The fraction of sp³-hybridized carbons (Fsp3) is 0.250. The molecule has 6 heteroatoms. The van der Waals surface area contributed by atoms with Gasteiger partial charge in [-0.25, -0.2) is 4.68 Å². The second kappa shape index (κ2) is 5.42. The lowest BCUT2D eigenvalue weighted by Crippen LogP contribution is -2.24. The van der Waals surface area contributed by atoms with Crippen molar-refractivity contribution in [3.05, 3.63) is 36.7 Å². The van der Waals surface area contributed by atoms with Crippen LogP contribution >= 0.6 is 0 Å². The van der Waals surface area contributed by atoms with Gasteiger partial charge in [0, 0.05) is 18.2 Å². The molecule has 1 aromatic heterocycles. The Bertz CT molecular complexity index is 521. The van der Waals surface area contributed by atoms with Crippen molar-refractivity contribution >= 4 is 11.6 Å². The highest BCUT2D eigenvalue weighted by Gasteiger charge is 2.06. The number of nitrogens with zero attached hydrogens (tertiary/aromatic N) is 3. The van der Waals surface area contributed by atoms with Gasteiger partial charge < -0.3 is 11.1 Å². The minimum Gasteiger partial charge on any atom is -0.327 e. The molecule has 94 valence electrons. The lowest BCUT2D eigenvalue weighted by Gasteiger charge is -2.08. The van der Waals surface area contributed by atoms with E-state index in [4.69, 9.17) is 5.73 Å². The summed E-state index contributed by atoms with van der Waals surface area (Å²) in [6.07, 6.45) is 3.64. The third-order valence-electron chi connectivity index (χ3n) is 2.32. The molecular formula is C12H15N5O. The van der Waals surface area contributed by atoms with Crippen molar-refractivity contribution in [1.29, 1.82) is 0 Å². The highest BCUT2D eigenvalue weighted by Crippen LogP contribution is 2.13. The summed E-state index contributed by atoms with van der Waals surface area (Å²) in [4.78, 5) is 11.6. The third kappa shape index (κ3) is 3.14. The minimum absolute atomic E-state index is 0.0965. The molecule has 3 N–H and O–H groups in total. The minimum atomic E-state index is -0.150. The van der Waals surface area contributed by atoms with Crippen LogP contribution in [0.15, 0.2) is 36.7 Å². The Morgan fingerprint density at radius 2 is 2.39 bits per heavy atom. The normalized spacial score (nSPS) is 12.1. The zero-order valence-electron chi connectivity index (χ0n) is 10.1. The van der Waals surface area contributed by atoms with E-state index in [0.29, 0.717) is 12.1 Å². The van der Waals surface area contributed by atoms with E-state index in [1.807, 2.05) is 24.3 Å². The van der Waals surface area contributed by atoms with Gasteiger partial charge in [0.2, 0.25) is 5.91 Å². The maximum Gasteiger partial charge on any atom is 0.225 e. The average Bonchev–Trinajstić information content (AvgIpc) is 2.81. The van der Waals surface area contributed by atoms with Crippen LogP contribution in [0.3, 0.4) is 0 Å². The van der Waals surface area contributed by atoms with Gasteiger partial charge in [-0.15, -0.1) is 5.10 Å². The molecule has 1 atom stereocenters. The number of nitrogens with one attached hydrogen (secondary N) is 1. The summed E-state index contributed by atoms with van der Waals surface area (Å²) in [6, 6.07) is 7.23. The second-order valence-electron chi connectivity index (χ2n) is 4.13. The standard InChI is InChI=1S/C12H15N5O/c1-9(13)7-12(18)15-10-3-2-4-11(8-10)17-6-5-14-16-17/h2-6,8-9H,7,13H2,1H3,(H,15,18). The van der Waals surface area contributed by atoms with Gasteiger partial charge in [0.05, 0.1) is 18.1 Å². The van der Waals surface area contributed by atoms with Crippen molar-refractivity contribution in [2.24, 2.45) is 5.73 Å². The van der Waals surface area contributed by atoms with Crippen LogP contribution in [-0.2, 0) is 4.79 Å². The Hall–Kier alpha value is -2.21. The first kappa shape index (κ1) is 12.3. The predicted octanol–water partition coefficient (Wildman–Crippen LogP) is 0.943. The number of benzene rings is 1. The van der Waals surface area contributed by atoms with Gasteiger partial charge in [-0.3, -0.25) is 4.79 Å². The largest absolute Gasteiger partial charge is 0.327 e. The first-order valence-electron chi connectivity index (χ1n) is 5.67. The Morgan fingerprint density at radius 1 is 1.56 bits per heavy atom. The zero-order chi connectivity index (χ0) is 13.0. The third-order valence-corrected chi connectivity index (χ3v) is 2.32. The zero-order valence-corrected chi connectivity index (χ0v) is 10.1. The molecule has 0 radical (unpaired) electrons. The number of rotatable bonds is 4.